The molecule has 32 heavy (non-hydrogen) atoms. The van der Waals surface area contributed by atoms with E-state index in [1.54, 1.807) is 19.2 Å². The number of terminal acetylenes is 1. The molecule has 13 heteroatoms. The molecule has 3 aromatic rings. The number of nitrogens with two attached hydrogens (primary N) is 1. The second-order valence-electron chi connectivity index (χ2n) is 5.24. The van der Waals surface area contributed by atoms with Gasteiger partial charge >= 0.3 is 0 Å². The second-order valence-corrected chi connectivity index (χ2v) is 5.63. The third-order valence-electron chi connectivity index (χ3n) is 2.96. The molecule has 2 N–H and O–H groups in total. The van der Waals surface area contributed by atoms with Gasteiger partial charge in [0, 0.05) is 39.0 Å². The number of anilines is 1. The SMILES string of the molecule is C#C.Cc1ccc(N)cn1.Cc1ccc([N+](=O)[O-])cn1.O=[N+]([O-])c1ccc(Cl)nc1.[B][B]. The number of halogens is 1. The standard InChI is InChI=1S/C6H6N2O2.C6H8N2.C5H3ClN2O2.C2H2.B2/c1-5-2-3-6(4-7-5)8(9)10;1-5-2-3-6(7)4-8-5;6-5-2-1-4(3-7-5)8(9)10;2*1-2/h2-4H,1H3;2-4H,7H2,1H3;1-3H;1-2H;. The molecule has 0 saturated carbocycles. The predicted octanol–water partition coefficient (Wildman–Crippen LogP) is 3.40. The van der Waals surface area contributed by atoms with Crippen LogP contribution in [0.2, 0.25) is 5.15 Å². The summed E-state index contributed by atoms with van der Waals surface area (Å²) in [4.78, 5) is 30.4. The lowest BCUT2D eigenvalue weighted by Crippen LogP contribution is -1.88. The zero-order valence-electron chi connectivity index (χ0n) is 17.3. The summed E-state index contributed by atoms with van der Waals surface area (Å²) in [6, 6.07) is 9.44. The van der Waals surface area contributed by atoms with Gasteiger partial charge in [-0.2, -0.15) is 0 Å². The lowest BCUT2D eigenvalue weighted by Gasteiger charge is -1.89. The van der Waals surface area contributed by atoms with Gasteiger partial charge in [-0.3, -0.25) is 30.2 Å². The summed E-state index contributed by atoms with van der Waals surface area (Å²) in [7, 11) is 8.00. The molecule has 4 radical (unpaired) electrons. The Morgan fingerprint density at radius 3 is 1.50 bits per heavy atom. The minimum absolute atomic E-state index is 0.0330. The van der Waals surface area contributed by atoms with Crippen molar-refractivity contribution in [2.75, 3.05) is 5.73 Å². The number of hydrogen-bond donors (Lipinski definition) is 1. The lowest BCUT2D eigenvalue weighted by atomic mass is 9.81. The van der Waals surface area contributed by atoms with Crippen LogP contribution in [-0.4, -0.2) is 40.3 Å². The molecular weight excluding hydrogens is 433 g/mol. The maximum Gasteiger partial charge on any atom is 0.287 e. The number of hydrogen-bond acceptors (Lipinski definition) is 8. The van der Waals surface area contributed by atoms with Crippen molar-refractivity contribution in [3.8, 4) is 12.8 Å². The highest BCUT2D eigenvalue weighted by molar-refractivity contribution is 6.75. The maximum absolute atomic E-state index is 10.1. The summed E-state index contributed by atoms with van der Waals surface area (Å²) >= 11 is 5.38. The number of nitrogen functional groups attached to an aromatic ring is 1. The van der Waals surface area contributed by atoms with Crippen LogP contribution < -0.4 is 5.73 Å². The van der Waals surface area contributed by atoms with Gasteiger partial charge < -0.3 is 5.73 Å². The number of nitro groups is 2. The van der Waals surface area contributed by atoms with E-state index >= 15 is 0 Å². The van der Waals surface area contributed by atoms with E-state index in [9.17, 15) is 20.2 Å². The first-order chi connectivity index (χ1) is 15.2. The van der Waals surface area contributed by atoms with Gasteiger partial charge in [-0.25, -0.2) is 4.98 Å². The first-order valence-corrected chi connectivity index (χ1v) is 8.74. The number of rotatable bonds is 2. The molecule has 0 saturated heterocycles. The van der Waals surface area contributed by atoms with Gasteiger partial charge in [0.25, 0.3) is 11.4 Å². The third kappa shape index (κ3) is 14.1. The van der Waals surface area contributed by atoms with E-state index in [4.69, 9.17) is 17.3 Å². The molecule has 0 spiro atoms. The van der Waals surface area contributed by atoms with Crippen LogP contribution in [0.15, 0.2) is 55.0 Å². The lowest BCUT2D eigenvalue weighted by molar-refractivity contribution is -0.385. The average Bonchev–Trinajstić information content (AvgIpc) is 2.80. The van der Waals surface area contributed by atoms with Crippen molar-refractivity contribution >= 4 is 44.1 Å². The van der Waals surface area contributed by atoms with Crippen LogP contribution >= 0.6 is 11.6 Å². The quantitative estimate of drug-likeness (QED) is 0.204. The molecule has 3 aromatic heterocycles. The molecule has 0 atom stereocenters. The Morgan fingerprint density at radius 1 is 0.812 bits per heavy atom. The van der Waals surface area contributed by atoms with Gasteiger partial charge in [0.05, 0.1) is 21.7 Å². The molecular formula is C19H19B2ClN6O4. The molecule has 3 rings (SSSR count). The van der Waals surface area contributed by atoms with Crippen LogP contribution in [0.3, 0.4) is 0 Å². The molecule has 0 bridgehead atoms. The first kappa shape index (κ1) is 30.2. The van der Waals surface area contributed by atoms with Crippen LogP contribution in [0.1, 0.15) is 11.4 Å². The summed E-state index contributed by atoms with van der Waals surface area (Å²) < 4.78 is 0. The van der Waals surface area contributed by atoms with Gasteiger partial charge in [0.2, 0.25) is 0 Å². The highest BCUT2D eigenvalue weighted by Crippen LogP contribution is 2.11. The molecule has 0 aliphatic rings. The molecule has 162 valence electrons. The molecule has 0 aliphatic heterocycles. The summed E-state index contributed by atoms with van der Waals surface area (Å²) in [6.07, 6.45) is 12.0. The molecule has 0 unspecified atom stereocenters. The molecule has 0 amide bonds. The van der Waals surface area contributed by atoms with Crippen molar-refractivity contribution in [3.05, 3.63) is 91.8 Å². The Bertz CT molecular complexity index is 880. The summed E-state index contributed by atoms with van der Waals surface area (Å²) in [5.41, 5.74) is 7.85. The monoisotopic (exact) mass is 452 g/mol. The smallest absolute Gasteiger partial charge is 0.287 e. The van der Waals surface area contributed by atoms with Crippen molar-refractivity contribution in [3.63, 3.8) is 0 Å². The van der Waals surface area contributed by atoms with Crippen molar-refractivity contribution in [1.29, 1.82) is 0 Å². The van der Waals surface area contributed by atoms with Crippen molar-refractivity contribution in [2.24, 2.45) is 0 Å². The predicted molar refractivity (Wildman–Crippen MR) is 126 cm³/mol. The van der Waals surface area contributed by atoms with E-state index in [0.29, 0.717) is 0 Å². The van der Waals surface area contributed by atoms with E-state index in [-0.39, 0.29) is 16.5 Å². The zero-order chi connectivity index (χ0) is 25.1. The van der Waals surface area contributed by atoms with Gasteiger partial charge in [-0.1, -0.05) is 11.6 Å². The highest BCUT2D eigenvalue weighted by atomic mass is 35.5. The Hall–Kier alpha value is -3.97. The normalized spacial score (nSPS) is 8.28. The fraction of sp³-hybridized carbons (Fsp3) is 0.105. The van der Waals surface area contributed by atoms with Gasteiger partial charge in [-0.05, 0) is 38.1 Å². The maximum atomic E-state index is 10.1. The molecule has 0 fully saturated rings. The van der Waals surface area contributed by atoms with Crippen molar-refractivity contribution < 1.29 is 9.85 Å². The van der Waals surface area contributed by atoms with Crippen LogP contribution in [0.25, 0.3) is 0 Å². The number of nitrogens with zero attached hydrogens (tertiary/aromatic N) is 5. The van der Waals surface area contributed by atoms with E-state index in [1.165, 1.54) is 24.4 Å². The number of pyridine rings is 3. The van der Waals surface area contributed by atoms with Crippen LogP contribution in [-0.2, 0) is 0 Å². The van der Waals surface area contributed by atoms with Crippen molar-refractivity contribution in [2.45, 2.75) is 13.8 Å². The number of aromatic nitrogens is 3. The second kappa shape index (κ2) is 17.9. The molecule has 0 aromatic carbocycles. The van der Waals surface area contributed by atoms with E-state index in [0.717, 1.165) is 23.3 Å². The van der Waals surface area contributed by atoms with Crippen molar-refractivity contribution in [1.82, 2.24) is 15.0 Å². The van der Waals surface area contributed by atoms with E-state index in [2.05, 4.69) is 43.3 Å². The molecule has 3 heterocycles. The van der Waals surface area contributed by atoms with Crippen LogP contribution in [0, 0.1) is 46.9 Å². The van der Waals surface area contributed by atoms with Crippen LogP contribution in [0.4, 0.5) is 17.1 Å². The minimum atomic E-state index is -0.524. The Morgan fingerprint density at radius 2 is 1.22 bits per heavy atom. The van der Waals surface area contributed by atoms with E-state index < -0.39 is 9.85 Å². The third-order valence-corrected chi connectivity index (χ3v) is 3.19. The fourth-order valence-corrected chi connectivity index (χ4v) is 1.64. The Balaban J connectivity index is 0. The highest BCUT2D eigenvalue weighted by Gasteiger charge is 2.03. The first-order valence-electron chi connectivity index (χ1n) is 8.37. The van der Waals surface area contributed by atoms with Gasteiger partial charge in [-0.15, -0.1) is 12.8 Å². The summed E-state index contributed by atoms with van der Waals surface area (Å²) in [6.45, 7) is 3.71. The zero-order valence-corrected chi connectivity index (χ0v) is 18.1. The van der Waals surface area contributed by atoms with E-state index in [1.807, 2.05) is 19.1 Å². The van der Waals surface area contributed by atoms with Gasteiger partial charge in [0.1, 0.15) is 17.5 Å². The Kier molecular flexibility index (Phi) is 16.9. The topological polar surface area (TPSA) is 151 Å². The summed E-state index contributed by atoms with van der Waals surface area (Å²) in [5, 5.41) is 20.4. The fourth-order valence-electron chi connectivity index (χ4n) is 1.52. The average molecular weight is 452 g/mol. The summed E-state index contributed by atoms with van der Waals surface area (Å²) in [5.74, 6) is 0. The van der Waals surface area contributed by atoms with Gasteiger partial charge in [0.15, 0.2) is 0 Å². The molecule has 0 aliphatic carbocycles. The largest absolute Gasteiger partial charge is 0.397 e. The van der Waals surface area contributed by atoms with Crippen LogP contribution in [0.5, 0.6) is 0 Å². The number of aryl methyl sites for hydroxylation is 2. The minimum Gasteiger partial charge on any atom is -0.397 e. The molecule has 10 nitrogen and oxygen atoms in total. The Labute approximate surface area is 193 Å².